The quantitative estimate of drug-likeness (QED) is 0.410. The highest BCUT2D eigenvalue weighted by Crippen LogP contribution is 2.54. The smallest absolute Gasteiger partial charge is 0.278 e. The Hall–Kier alpha value is -2.46. The Bertz CT molecular complexity index is 1150. The number of nitrogens with one attached hydrogen (secondary N) is 2. The molecule has 1 atom stereocenters. The lowest BCUT2D eigenvalue weighted by Crippen LogP contribution is -2.38. The molecule has 1 aromatic heterocycles. The minimum absolute atomic E-state index is 0.0689. The second kappa shape index (κ2) is 10.0. The number of anilines is 3. The zero-order valence-corrected chi connectivity index (χ0v) is 22.2. The number of amides is 1. The molecule has 1 saturated heterocycles. The van der Waals surface area contributed by atoms with Gasteiger partial charge in [-0.2, -0.15) is 0 Å². The number of alkyl halides is 2. The van der Waals surface area contributed by atoms with Gasteiger partial charge in [-0.05, 0) is 69.6 Å². The topological polar surface area (TPSA) is 90.4 Å². The van der Waals surface area contributed by atoms with Crippen molar-refractivity contribution in [2.75, 3.05) is 35.2 Å². The third-order valence-corrected chi connectivity index (χ3v) is 8.93. The Kier molecular flexibility index (Phi) is 7.08. The molecule has 200 valence electrons. The summed E-state index contributed by atoms with van der Waals surface area (Å²) in [6.07, 6.45) is 6.53. The molecule has 7 nitrogen and oxygen atoms in total. The van der Waals surface area contributed by atoms with Crippen LogP contribution in [-0.4, -0.2) is 57.4 Å². The van der Waals surface area contributed by atoms with Gasteiger partial charge < -0.3 is 20.6 Å². The standard InChI is InChI=1S/C27H35F2N5O2S/c1-25(2,17-35)33-21-16-30-22(23(32-21)34-12-10-26(8-9-26)11-13-34)24(36)31-18-4-3-5-19(14-18)37-20-6-7-27(28,29)15-20/h3-5,14,16,20,35H,6-13,15,17H2,1-2H3,(H,31,36)(H,32,33)/t20-/m1/s1. The van der Waals surface area contributed by atoms with E-state index in [1.165, 1.54) is 30.8 Å². The highest BCUT2D eigenvalue weighted by molar-refractivity contribution is 8.00. The second-order valence-electron chi connectivity index (χ2n) is 11.4. The van der Waals surface area contributed by atoms with Crippen molar-refractivity contribution >= 4 is 35.0 Å². The summed E-state index contributed by atoms with van der Waals surface area (Å²) in [5.41, 5.74) is 0.721. The molecule has 37 heavy (non-hydrogen) atoms. The maximum absolute atomic E-state index is 13.6. The van der Waals surface area contributed by atoms with Crippen molar-refractivity contribution in [3.05, 3.63) is 36.2 Å². The lowest BCUT2D eigenvalue weighted by atomic mass is 9.93. The monoisotopic (exact) mass is 531 g/mol. The van der Waals surface area contributed by atoms with E-state index in [2.05, 4.69) is 20.5 Å². The number of piperidine rings is 1. The summed E-state index contributed by atoms with van der Waals surface area (Å²) in [5.74, 6) is -1.91. The molecule has 0 bridgehead atoms. The van der Waals surface area contributed by atoms with Gasteiger partial charge in [-0.15, -0.1) is 11.8 Å². The Balaban J connectivity index is 1.34. The molecule has 2 heterocycles. The third kappa shape index (κ3) is 6.34. The molecule has 2 saturated carbocycles. The van der Waals surface area contributed by atoms with Crippen LogP contribution < -0.4 is 15.5 Å². The van der Waals surface area contributed by atoms with Gasteiger partial charge in [-0.25, -0.2) is 18.7 Å². The first kappa shape index (κ1) is 26.2. The molecule has 3 aliphatic rings. The van der Waals surface area contributed by atoms with Crippen molar-refractivity contribution in [1.82, 2.24) is 9.97 Å². The summed E-state index contributed by atoms with van der Waals surface area (Å²) in [6.45, 7) is 5.29. The number of thioether (sulfide) groups is 1. The van der Waals surface area contributed by atoms with Crippen molar-refractivity contribution in [3.63, 3.8) is 0 Å². The zero-order chi connectivity index (χ0) is 26.3. The number of nitrogens with zero attached hydrogens (tertiary/aromatic N) is 3. The van der Waals surface area contributed by atoms with Crippen LogP contribution in [0.15, 0.2) is 35.4 Å². The van der Waals surface area contributed by atoms with Crippen molar-refractivity contribution in [3.8, 4) is 0 Å². The van der Waals surface area contributed by atoms with Gasteiger partial charge in [-0.1, -0.05) is 6.07 Å². The summed E-state index contributed by atoms with van der Waals surface area (Å²) in [6, 6.07) is 7.31. The molecule has 0 unspecified atom stereocenters. The number of halogens is 2. The minimum atomic E-state index is -2.58. The highest BCUT2D eigenvalue weighted by Gasteiger charge is 2.45. The molecule has 1 aliphatic heterocycles. The molecule has 0 radical (unpaired) electrons. The van der Waals surface area contributed by atoms with Crippen LogP contribution in [0.25, 0.3) is 0 Å². The molecule has 3 N–H and O–H groups in total. The minimum Gasteiger partial charge on any atom is -0.394 e. The number of aromatic nitrogens is 2. The van der Waals surface area contributed by atoms with E-state index in [0.29, 0.717) is 29.2 Å². The van der Waals surface area contributed by atoms with Crippen LogP contribution in [0.2, 0.25) is 0 Å². The van der Waals surface area contributed by atoms with Crippen molar-refractivity contribution in [2.24, 2.45) is 5.41 Å². The molecule has 1 aromatic carbocycles. The largest absolute Gasteiger partial charge is 0.394 e. The lowest BCUT2D eigenvalue weighted by Gasteiger charge is -2.34. The van der Waals surface area contributed by atoms with E-state index >= 15 is 0 Å². The van der Waals surface area contributed by atoms with E-state index in [-0.39, 0.29) is 36.3 Å². The summed E-state index contributed by atoms with van der Waals surface area (Å²) < 4.78 is 27.2. The van der Waals surface area contributed by atoms with Gasteiger partial charge in [0.2, 0.25) is 5.92 Å². The highest BCUT2D eigenvalue weighted by atomic mass is 32.2. The molecule has 3 fully saturated rings. The normalized spacial score (nSPS) is 22.2. The lowest BCUT2D eigenvalue weighted by molar-refractivity contribution is 0.00977. The van der Waals surface area contributed by atoms with Gasteiger partial charge in [-0.3, -0.25) is 4.79 Å². The number of rotatable bonds is 8. The van der Waals surface area contributed by atoms with Crippen molar-refractivity contribution in [2.45, 2.75) is 80.4 Å². The first-order valence-corrected chi connectivity index (χ1v) is 13.9. The summed E-state index contributed by atoms with van der Waals surface area (Å²) in [5, 5.41) is 15.7. The SMILES string of the molecule is CC(C)(CO)Nc1cnc(C(=O)Nc2cccc(S[C@@H]3CCC(F)(F)C3)c2)c(N2CCC3(CC2)CC3)n1. The Labute approximate surface area is 220 Å². The fraction of sp³-hybridized carbons (Fsp3) is 0.593. The fourth-order valence-electron chi connectivity index (χ4n) is 5.12. The van der Waals surface area contributed by atoms with Crippen molar-refractivity contribution < 1.29 is 18.7 Å². The van der Waals surface area contributed by atoms with E-state index in [4.69, 9.17) is 4.98 Å². The van der Waals surface area contributed by atoms with Gasteiger partial charge in [0.15, 0.2) is 11.5 Å². The van der Waals surface area contributed by atoms with Crippen LogP contribution in [0.5, 0.6) is 0 Å². The van der Waals surface area contributed by atoms with Crippen LogP contribution >= 0.6 is 11.8 Å². The fourth-order valence-corrected chi connectivity index (χ4v) is 6.42. The first-order chi connectivity index (χ1) is 17.6. The molecule has 10 heteroatoms. The summed E-state index contributed by atoms with van der Waals surface area (Å²) in [4.78, 5) is 25.6. The van der Waals surface area contributed by atoms with Gasteiger partial charge in [0.25, 0.3) is 5.91 Å². The van der Waals surface area contributed by atoms with Crippen LogP contribution in [0.1, 0.15) is 69.3 Å². The third-order valence-electron chi connectivity index (χ3n) is 7.66. The molecular formula is C27H35F2N5O2S. The number of carbonyl (C=O) groups is 1. The van der Waals surface area contributed by atoms with Crippen LogP contribution in [0, 0.1) is 5.41 Å². The molecule has 5 rings (SSSR count). The maximum atomic E-state index is 13.6. The van der Waals surface area contributed by atoms with Gasteiger partial charge in [0.05, 0.1) is 18.3 Å². The van der Waals surface area contributed by atoms with E-state index in [9.17, 15) is 18.7 Å². The van der Waals surface area contributed by atoms with Crippen LogP contribution in [0.4, 0.5) is 26.1 Å². The predicted octanol–water partition coefficient (Wildman–Crippen LogP) is 5.57. The Morgan fingerprint density at radius 3 is 2.62 bits per heavy atom. The number of hydrogen-bond donors (Lipinski definition) is 3. The van der Waals surface area contributed by atoms with E-state index in [1.54, 1.807) is 6.07 Å². The number of carbonyl (C=O) groups excluding carboxylic acids is 1. The number of benzene rings is 1. The molecule has 1 spiro atoms. The first-order valence-electron chi connectivity index (χ1n) is 13.0. The van der Waals surface area contributed by atoms with Gasteiger partial charge in [0.1, 0.15) is 5.82 Å². The summed E-state index contributed by atoms with van der Waals surface area (Å²) >= 11 is 1.44. The number of aliphatic hydroxyl groups excluding tert-OH is 1. The number of aliphatic hydroxyl groups is 1. The predicted molar refractivity (Wildman–Crippen MR) is 143 cm³/mol. The van der Waals surface area contributed by atoms with E-state index in [1.807, 2.05) is 32.0 Å². The number of hydrogen-bond acceptors (Lipinski definition) is 7. The Morgan fingerprint density at radius 1 is 1.22 bits per heavy atom. The average Bonchev–Trinajstić information content (AvgIpc) is 3.52. The van der Waals surface area contributed by atoms with E-state index in [0.717, 1.165) is 30.8 Å². The zero-order valence-electron chi connectivity index (χ0n) is 21.4. The molecule has 2 aliphatic carbocycles. The molecular weight excluding hydrogens is 496 g/mol. The van der Waals surface area contributed by atoms with Crippen LogP contribution in [-0.2, 0) is 0 Å². The van der Waals surface area contributed by atoms with Gasteiger partial charge in [0, 0.05) is 41.8 Å². The Morgan fingerprint density at radius 2 is 1.97 bits per heavy atom. The molecule has 1 amide bonds. The second-order valence-corrected chi connectivity index (χ2v) is 12.8. The molecule has 2 aromatic rings. The average molecular weight is 532 g/mol. The van der Waals surface area contributed by atoms with Crippen LogP contribution in [0.3, 0.4) is 0 Å². The van der Waals surface area contributed by atoms with Crippen molar-refractivity contribution in [1.29, 1.82) is 0 Å². The summed E-state index contributed by atoms with van der Waals surface area (Å²) in [7, 11) is 0. The van der Waals surface area contributed by atoms with Gasteiger partial charge >= 0.3 is 0 Å². The maximum Gasteiger partial charge on any atom is 0.278 e. The van der Waals surface area contributed by atoms with E-state index < -0.39 is 11.5 Å².